The van der Waals surface area contributed by atoms with E-state index in [1.807, 2.05) is 35.0 Å². The van der Waals surface area contributed by atoms with Crippen molar-refractivity contribution in [3.8, 4) is 11.3 Å². The molecule has 4 aromatic rings. The first-order valence-corrected chi connectivity index (χ1v) is 10.4. The summed E-state index contributed by atoms with van der Waals surface area (Å²) in [6.07, 6.45) is 3.29. The minimum absolute atomic E-state index is 0.0763. The Labute approximate surface area is 172 Å². The second-order valence-corrected chi connectivity index (χ2v) is 8.01. The summed E-state index contributed by atoms with van der Waals surface area (Å²) >= 11 is 7.58. The van der Waals surface area contributed by atoms with E-state index in [9.17, 15) is 4.79 Å². The van der Waals surface area contributed by atoms with E-state index in [0.717, 1.165) is 39.6 Å². The zero-order chi connectivity index (χ0) is 19.7. The van der Waals surface area contributed by atoms with Crippen molar-refractivity contribution < 1.29 is 4.79 Å². The fourth-order valence-electron chi connectivity index (χ4n) is 3.09. The van der Waals surface area contributed by atoms with Crippen molar-refractivity contribution in [3.63, 3.8) is 0 Å². The quantitative estimate of drug-likeness (QED) is 0.455. The van der Waals surface area contributed by atoms with Crippen molar-refractivity contribution in [1.29, 1.82) is 0 Å². The number of nitrogens with one attached hydrogen (secondary N) is 1. The molecule has 0 unspecified atom stereocenters. The van der Waals surface area contributed by atoms with Crippen LogP contribution in [0.1, 0.15) is 23.7 Å². The van der Waals surface area contributed by atoms with Crippen molar-refractivity contribution in [2.75, 3.05) is 5.32 Å². The lowest BCUT2D eigenvalue weighted by Gasteiger charge is -2.08. The van der Waals surface area contributed by atoms with Crippen molar-refractivity contribution in [1.82, 2.24) is 9.38 Å². The van der Waals surface area contributed by atoms with Gasteiger partial charge in [0.15, 0.2) is 4.96 Å². The largest absolute Gasteiger partial charge is 0.325 e. The Morgan fingerprint density at radius 1 is 1.21 bits per heavy atom. The van der Waals surface area contributed by atoms with E-state index in [0.29, 0.717) is 5.02 Å². The van der Waals surface area contributed by atoms with Gasteiger partial charge in [0, 0.05) is 33.5 Å². The third-order valence-corrected chi connectivity index (χ3v) is 5.88. The Morgan fingerprint density at radius 2 is 2.00 bits per heavy atom. The van der Waals surface area contributed by atoms with Gasteiger partial charge in [-0.05, 0) is 36.6 Å². The summed E-state index contributed by atoms with van der Waals surface area (Å²) in [7, 11) is 0. The maximum absolute atomic E-state index is 12.6. The summed E-state index contributed by atoms with van der Waals surface area (Å²) in [5.41, 5.74) is 5.94. The molecule has 0 atom stereocenters. The number of benzene rings is 2. The van der Waals surface area contributed by atoms with Crippen LogP contribution in [0.15, 0.2) is 54.0 Å². The van der Waals surface area contributed by atoms with Gasteiger partial charge in [-0.2, -0.15) is 0 Å². The van der Waals surface area contributed by atoms with Crippen LogP contribution in [-0.4, -0.2) is 15.3 Å². The van der Waals surface area contributed by atoms with E-state index in [1.165, 1.54) is 5.56 Å². The number of aromatic nitrogens is 2. The van der Waals surface area contributed by atoms with Crippen LogP contribution in [0.3, 0.4) is 0 Å². The topological polar surface area (TPSA) is 46.4 Å². The van der Waals surface area contributed by atoms with Crippen molar-refractivity contribution in [3.05, 3.63) is 75.9 Å². The molecule has 0 aliphatic rings. The number of anilines is 1. The van der Waals surface area contributed by atoms with Crippen LogP contribution in [0, 0.1) is 6.92 Å². The summed E-state index contributed by atoms with van der Waals surface area (Å²) in [5, 5.41) is 5.54. The number of fused-ring (bicyclic) bond motifs is 1. The Balaban J connectivity index is 1.55. The van der Waals surface area contributed by atoms with E-state index in [2.05, 4.69) is 36.5 Å². The lowest BCUT2D eigenvalue weighted by Crippen LogP contribution is -2.16. The first kappa shape index (κ1) is 18.7. The molecule has 1 N–H and O–H groups in total. The molecule has 28 heavy (non-hydrogen) atoms. The molecule has 4 nitrogen and oxygen atoms in total. The van der Waals surface area contributed by atoms with Gasteiger partial charge >= 0.3 is 0 Å². The Morgan fingerprint density at radius 3 is 2.75 bits per heavy atom. The summed E-state index contributed by atoms with van der Waals surface area (Å²) in [5.74, 6) is -0.0763. The molecule has 0 radical (unpaired) electrons. The predicted octanol–water partition coefficient (Wildman–Crippen LogP) is 5.77. The van der Waals surface area contributed by atoms with Crippen molar-refractivity contribution in [2.24, 2.45) is 0 Å². The molecule has 2 heterocycles. The smallest absolute Gasteiger partial charge is 0.230 e. The third kappa shape index (κ3) is 3.81. The fraction of sp³-hybridized carbons (Fsp3) is 0.182. The van der Waals surface area contributed by atoms with E-state index in [4.69, 9.17) is 16.6 Å². The number of rotatable bonds is 5. The highest BCUT2D eigenvalue weighted by Gasteiger charge is 2.13. The van der Waals surface area contributed by atoms with Gasteiger partial charge in [-0.1, -0.05) is 48.9 Å². The molecule has 4 rings (SSSR count). The zero-order valence-corrected chi connectivity index (χ0v) is 17.3. The molecular formula is C22H20ClN3OS. The second kappa shape index (κ2) is 7.78. The van der Waals surface area contributed by atoms with Gasteiger partial charge in [-0.3, -0.25) is 9.20 Å². The van der Waals surface area contributed by atoms with Crippen molar-refractivity contribution in [2.45, 2.75) is 26.7 Å². The van der Waals surface area contributed by atoms with Crippen LogP contribution in [0.5, 0.6) is 0 Å². The predicted molar refractivity (Wildman–Crippen MR) is 116 cm³/mol. The van der Waals surface area contributed by atoms with Gasteiger partial charge in [0.2, 0.25) is 5.91 Å². The van der Waals surface area contributed by atoms with Crippen molar-refractivity contribution >= 4 is 39.5 Å². The van der Waals surface area contributed by atoms with E-state index in [-0.39, 0.29) is 12.3 Å². The zero-order valence-electron chi connectivity index (χ0n) is 15.7. The molecule has 2 aromatic carbocycles. The van der Waals surface area contributed by atoms with Crippen LogP contribution >= 0.6 is 22.9 Å². The molecule has 0 aliphatic heterocycles. The first-order chi connectivity index (χ1) is 13.5. The Hall–Kier alpha value is -2.63. The van der Waals surface area contributed by atoms with Gasteiger partial charge in [-0.15, -0.1) is 11.3 Å². The molecule has 6 heteroatoms. The fourth-order valence-corrected chi connectivity index (χ4v) is 4.14. The van der Waals surface area contributed by atoms with E-state index in [1.54, 1.807) is 17.4 Å². The molecule has 0 aliphatic carbocycles. The average molecular weight is 410 g/mol. The van der Waals surface area contributed by atoms with Crippen LogP contribution in [0.4, 0.5) is 5.69 Å². The van der Waals surface area contributed by atoms with Crippen LogP contribution in [-0.2, 0) is 17.6 Å². The molecule has 0 bridgehead atoms. The molecule has 1 amide bonds. The number of hydrogen-bond acceptors (Lipinski definition) is 3. The number of imidazole rings is 1. The Bertz CT molecular complexity index is 1140. The number of hydrogen-bond donors (Lipinski definition) is 1. The molecular weight excluding hydrogens is 390 g/mol. The van der Waals surface area contributed by atoms with Crippen LogP contribution in [0.25, 0.3) is 16.2 Å². The SMILES string of the molecule is CCc1ccc(-c2cn3c(CC(=O)Nc4cc(Cl)ccc4C)csc3n2)cc1. The molecule has 142 valence electrons. The number of aryl methyl sites for hydroxylation is 2. The second-order valence-electron chi connectivity index (χ2n) is 6.74. The maximum Gasteiger partial charge on any atom is 0.230 e. The third-order valence-electron chi connectivity index (χ3n) is 4.76. The minimum Gasteiger partial charge on any atom is -0.325 e. The molecule has 2 aromatic heterocycles. The lowest BCUT2D eigenvalue weighted by molar-refractivity contribution is -0.115. The summed E-state index contributed by atoms with van der Waals surface area (Å²) in [6.45, 7) is 4.09. The number of carbonyl (C=O) groups excluding carboxylic acids is 1. The highest BCUT2D eigenvalue weighted by Crippen LogP contribution is 2.25. The Kier molecular flexibility index (Phi) is 5.20. The normalized spacial score (nSPS) is 11.1. The molecule has 0 saturated heterocycles. The summed E-state index contributed by atoms with van der Waals surface area (Å²) < 4.78 is 2.00. The highest BCUT2D eigenvalue weighted by molar-refractivity contribution is 7.15. The van der Waals surface area contributed by atoms with Crippen LogP contribution in [0.2, 0.25) is 5.02 Å². The standard InChI is InChI=1S/C22H20ClN3OS/c1-3-15-5-7-16(8-6-15)20-12-26-18(13-28-22(26)25-20)11-21(27)24-19-10-17(23)9-4-14(19)2/h4-10,12-13H,3,11H2,1-2H3,(H,24,27). The molecule has 0 fully saturated rings. The number of halogens is 1. The van der Waals surface area contributed by atoms with Gasteiger partial charge in [-0.25, -0.2) is 4.98 Å². The number of carbonyl (C=O) groups is 1. The van der Waals surface area contributed by atoms with Gasteiger partial charge < -0.3 is 5.32 Å². The average Bonchev–Trinajstić information content (AvgIpc) is 3.27. The first-order valence-electron chi connectivity index (χ1n) is 9.14. The maximum atomic E-state index is 12.6. The number of thiazole rings is 1. The van der Waals surface area contributed by atoms with Gasteiger partial charge in [0.25, 0.3) is 0 Å². The molecule has 0 saturated carbocycles. The summed E-state index contributed by atoms with van der Waals surface area (Å²) in [4.78, 5) is 18.1. The summed E-state index contributed by atoms with van der Waals surface area (Å²) in [6, 6.07) is 13.9. The molecule has 0 spiro atoms. The van der Waals surface area contributed by atoms with E-state index >= 15 is 0 Å². The highest BCUT2D eigenvalue weighted by atomic mass is 35.5. The monoisotopic (exact) mass is 409 g/mol. The van der Waals surface area contributed by atoms with Crippen LogP contribution < -0.4 is 5.32 Å². The lowest BCUT2D eigenvalue weighted by atomic mass is 10.1. The van der Waals surface area contributed by atoms with Gasteiger partial charge in [0.1, 0.15) is 0 Å². The van der Waals surface area contributed by atoms with Gasteiger partial charge in [0.05, 0.1) is 12.1 Å². The van der Waals surface area contributed by atoms with E-state index < -0.39 is 0 Å². The number of amides is 1. The number of nitrogens with zero attached hydrogens (tertiary/aromatic N) is 2. The minimum atomic E-state index is -0.0763.